The normalized spacial score (nSPS) is 20.3. The van der Waals surface area contributed by atoms with Crippen LogP contribution in [0.4, 0.5) is 0 Å². The van der Waals surface area contributed by atoms with Crippen LogP contribution in [0.15, 0.2) is 30.3 Å². The van der Waals surface area contributed by atoms with Crippen molar-refractivity contribution in [2.45, 2.75) is 38.6 Å². The Hall–Kier alpha value is -2.61. The summed E-state index contributed by atoms with van der Waals surface area (Å²) in [4.78, 5) is 23.5. The molecule has 0 heterocycles. The summed E-state index contributed by atoms with van der Waals surface area (Å²) in [5.74, 6) is -0.352. The molecule has 1 saturated carbocycles. The zero-order valence-corrected chi connectivity index (χ0v) is 13.8. The zero-order chi connectivity index (χ0) is 17.4. The highest BCUT2D eigenvalue weighted by Crippen LogP contribution is 2.23. The van der Waals surface area contributed by atoms with Crippen LogP contribution in [-0.2, 0) is 14.3 Å². The first-order chi connectivity index (χ1) is 11.6. The van der Waals surface area contributed by atoms with Gasteiger partial charge in [-0.25, -0.2) is 4.79 Å². The quantitative estimate of drug-likeness (QED) is 0.666. The van der Waals surface area contributed by atoms with E-state index in [0.717, 1.165) is 24.8 Å². The van der Waals surface area contributed by atoms with Gasteiger partial charge in [0, 0.05) is 12.1 Å². The second-order valence-corrected chi connectivity index (χ2v) is 6.11. The van der Waals surface area contributed by atoms with Crippen LogP contribution in [0.2, 0.25) is 0 Å². The fourth-order valence-corrected chi connectivity index (χ4v) is 2.80. The number of benzene rings is 1. The van der Waals surface area contributed by atoms with Crippen LogP contribution in [0.3, 0.4) is 0 Å². The fourth-order valence-electron chi connectivity index (χ4n) is 2.80. The van der Waals surface area contributed by atoms with Crippen molar-refractivity contribution in [1.29, 1.82) is 5.26 Å². The lowest BCUT2D eigenvalue weighted by atomic mass is 9.86. The van der Waals surface area contributed by atoms with Gasteiger partial charge in [0.2, 0.25) is 0 Å². The molecular formula is C19H22N2O3. The standard InChI is InChI=1S/C19H22N2O3/c1-14-4-2-3-5-17(14)21-18(22)13-24-19(23)11-10-15-6-8-16(12-20)9-7-15/h6-11,14,17H,2-5,13H2,1H3,(H,21,22)/b11-10+/t14-,17-/m1/s1. The first-order valence-corrected chi connectivity index (χ1v) is 8.23. The minimum atomic E-state index is -0.564. The Bertz CT molecular complexity index is 644. The number of nitriles is 1. The molecule has 2 atom stereocenters. The number of carbonyl (C=O) groups is 2. The van der Waals surface area contributed by atoms with Gasteiger partial charge in [0.1, 0.15) is 0 Å². The van der Waals surface area contributed by atoms with E-state index >= 15 is 0 Å². The molecule has 1 amide bonds. The van der Waals surface area contributed by atoms with Gasteiger partial charge >= 0.3 is 5.97 Å². The van der Waals surface area contributed by atoms with Crippen LogP contribution in [0, 0.1) is 17.2 Å². The molecule has 5 nitrogen and oxygen atoms in total. The van der Waals surface area contributed by atoms with Gasteiger partial charge in [0.15, 0.2) is 6.61 Å². The molecule has 0 radical (unpaired) electrons. The van der Waals surface area contributed by atoms with E-state index in [1.165, 1.54) is 12.5 Å². The maximum Gasteiger partial charge on any atom is 0.331 e. The summed E-state index contributed by atoms with van der Waals surface area (Å²) in [7, 11) is 0. The van der Waals surface area contributed by atoms with Crippen molar-refractivity contribution < 1.29 is 14.3 Å². The average molecular weight is 326 g/mol. The van der Waals surface area contributed by atoms with Gasteiger partial charge in [-0.2, -0.15) is 5.26 Å². The fraction of sp³-hybridized carbons (Fsp3) is 0.421. The van der Waals surface area contributed by atoms with Crippen LogP contribution < -0.4 is 5.32 Å². The van der Waals surface area contributed by atoms with Crippen LogP contribution in [-0.4, -0.2) is 24.5 Å². The van der Waals surface area contributed by atoms with Crippen LogP contribution in [0.5, 0.6) is 0 Å². The molecule has 1 aliphatic rings. The van der Waals surface area contributed by atoms with E-state index in [0.29, 0.717) is 11.5 Å². The molecule has 1 aliphatic carbocycles. The average Bonchev–Trinajstić information content (AvgIpc) is 2.60. The van der Waals surface area contributed by atoms with E-state index in [1.54, 1.807) is 30.3 Å². The summed E-state index contributed by atoms with van der Waals surface area (Å²) in [6.45, 7) is 1.87. The van der Waals surface area contributed by atoms with Crippen molar-refractivity contribution in [2.24, 2.45) is 5.92 Å². The van der Waals surface area contributed by atoms with E-state index < -0.39 is 5.97 Å². The molecule has 0 spiro atoms. The van der Waals surface area contributed by atoms with Gasteiger partial charge < -0.3 is 10.1 Å². The lowest BCUT2D eigenvalue weighted by Gasteiger charge is -2.29. The van der Waals surface area contributed by atoms with E-state index in [-0.39, 0.29) is 18.6 Å². The largest absolute Gasteiger partial charge is 0.452 e. The number of nitrogens with one attached hydrogen (secondary N) is 1. The molecule has 2 rings (SSSR count). The van der Waals surface area contributed by atoms with Crippen LogP contribution >= 0.6 is 0 Å². The summed E-state index contributed by atoms with van der Waals surface area (Å²) in [6, 6.07) is 9.02. The number of esters is 1. The summed E-state index contributed by atoms with van der Waals surface area (Å²) in [6.07, 6.45) is 7.31. The van der Waals surface area contributed by atoms with Crippen molar-refractivity contribution in [1.82, 2.24) is 5.32 Å². The molecule has 1 fully saturated rings. The minimum absolute atomic E-state index is 0.180. The molecular weight excluding hydrogens is 304 g/mol. The van der Waals surface area contributed by atoms with Gasteiger partial charge in [0.25, 0.3) is 5.91 Å². The lowest BCUT2D eigenvalue weighted by Crippen LogP contribution is -2.42. The molecule has 1 aromatic rings. The summed E-state index contributed by atoms with van der Waals surface area (Å²) < 4.78 is 4.96. The van der Waals surface area contributed by atoms with Crippen LogP contribution in [0.1, 0.15) is 43.7 Å². The number of hydrogen-bond donors (Lipinski definition) is 1. The van der Waals surface area contributed by atoms with E-state index in [2.05, 4.69) is 12.2 Å². The topological polar surface area (TPSA) is 79.2 Å². The number of carbonyl (C=O) groups excluding carboxylic acids is 2. The Balaban J connectivity index is 1.74. The third-order valence-corrected chi connectivity index (χ3v) is 4.26. The van der Waals surface area contributed by atoms with Gasteiger partial charge in [-0.15, -0.1) is 0 Å². The first-order valence-electron chi connectivity index (χ1n) is 8.23. The molecule has 0 unspecified atom stereocenters. The third-order valence-electron chi connectivity index (χ3n) is 4.26. The number of amides is 1. The lowest BCUT2D eigenvalue weighted by molar-refractivity contribution is -0.144. The molecule has 0 aromatic heterocycles. The van der Waals surface area contributed by atoms with Crippen LogP contribution in [0.25, 0.3) is 6.08 Å². The molecule has 5 heteroatoms. The minimum Gasteiger partial charge on any atom is -0.452 e. The molecule has 1 aromatic carbocycles. The second kappa shape index (κ2) is 8.88. The maximum absolute atomic E-state index is 11.9. The highest BCUT2D eigenvalue weighted by atomic mass is 16.5. The van der Waals surface area contributed by atoms with Crippen molar-refractivity contribution in [2.75, 3.05) is 6.61 Å². The van der Waals surface area contributed by atoms with Crippen molar-refractivity contribution in [3.05, 3.63) is 41.5 Å². The Morgan fingerprint density at radius 2 is 2.00 bits per heavy atom. The van der Waals surface area contributed by atoms with Gasteiger partial charge in [-0.3, -0.25) is 4.79 Å². The maximum atomic E-state index is 11.9. The molecule has 1 N–H and O–H groups in total. The monoisotopic (exact) mass is 326 g/mol. The zero-order valence-electron chi connectivity index (χ0n) is 13.8. The van der Waals surface area contributed by atoms with Crippen molar-refractivity contribution in [3.8, 4) is 6.07 Å². The second-order valence-electron chi connectivity index (χ2n) is 6.11. The van der Waals surface area contributed by atoms with E-state index in [4.69, 9.17) is 10.00 Å². The van der Waals surface area contributed by atoms with Gasteiger partial charge in [-0.05, 0) is 42.5 Å². The van der Waals surface area contributed by atoms with Gasteiger partial charge in [0.05, 0.1) is 11.6 Å². The number of ether oxygens (including phenoxy) is 1. The van der Waals surface area contributed by atoms with Crippen molar-refractivity contribution in [3.63, 3.8) is 0 Å². The van der Waals surface area contributed by atoms with Crippen molar-refractivity contribution >= 4 is 18.0 Å². The molecule has 0 saturated heterocycles. The highest BCUT2D eigenvalue weighted by molar-refractivity contribution is 5.89. The molecule has 126 valence electrons. The summed E-state index contributed by atoms with van der Waals surface area (Å²) in [5, 5.41) is 11.7. The first kappa shape index (κ1) is 17.7. The third kappa shape index (κ3) is 5.54. The molecule has 24 heavy (non-hydrogen) atoms. The summed E-state index contributed by atoms with van der Waals surface area (Å²) in [5.41, 5.74) is 1.34. The number of rotatable bonds is 5. The SMILES string of the molecule is C[C@@H]1CCCC[C@H]1NC(=O)COC(=O)/C=C/c1ccc(C#N)cc1. The smallest absolute Gasteiger partial charge is 0.331 e. The Kier molecular flexibility index (Phi) is 6.56. The molecule has 0 bridgehead atoms. The highest BCUT2D eigenvalue weighted by Gasteiger charge is 2.22. The predicted molar refractivity (Wildman–Crippen MR) is 90.7 cm³/mol. The van der Waals surface area contributed by atoms with E-state index in [9.17, 15) is 9.59 Å². The van der Waals surface area contributed by atoms with Gasteiger partial charge in [-0.1, -0.05) is 31.9 Å². The predicted octanol–water partition coefficient (Wildman–Crippen LogP) is 2.81. The summed E-state index contributed by atoms with van der Waals surface area (Å²) >= 11 is 0. The van der Waals surface area contributed by atoms with E-state index in [1.807, 2.05) is 6.07 Å². The Labute approximate surface area is 142 Å². The number of nitrogens with zero attached hydrogens (tertiary/aromatic N) is 1. The Morgan fingerprint density at radius 1 is 1.29 bits per heavy atom. The number of hydrogen-bond acceptors (Lipinski definition) is 4. The Morgan fingerprint density at radius 3 is 2.67 bits per heavy atom. The molecule has 0 aliphatic heterocycles.